The van der Waals surface area contributed by atoms with Crippen LogP contribution in [0.4, 0.5) is 0 Å². The summed E-state index contributed by atoms with van der Waals surface area (Å²) in [6, 6.07) is 0. The van der Waals surface area contributed by atoms with Crippen LogP contribution in [-0.2, 0) is 19.1 Å². The monoisotopic (exact) mass is 149 g/mol. The molecule has 5 heteroatoms. The van der Waals surface area contributed by atoms with Crippen molar-refractivity contribution in [3.63, 3.8) is 0 Å². The maximum absolute atomic E-state index is 10.3. The molecule has 0 aromatic heterocycles. The van der Waals surface area contributed by atoms with E-state index in [1.807, 2.05) is 0 Å². The van der Waals surface area contributed by atoms with Crippen molar-refractivity contribution in [3.05, 3.63) is 0 Å². The molecule has 5 nitrogen and oxygen atoms in total. The quantitative estimate of drug-likeness (QED) is 0.403. The Morgan fingerprint density at radius 2 is 2.20 bits per heavy atom. The van der Waals surface area contributed by atoms with E-state index in [4.69, 9.17) is 4.74 Å². The number of methoxy groups -OCH3 is 1. The zero-order valence-electron chi connectivity index (χ0n) is 5.83. The van der Waals surface area contributed by atoms with Gasteiger partial charge in [-0.25, -0.2) is 4.79 Å². The zero-order chi connectivity index (χ0) is 7.82. The van der Waals surface area contributed by atoms with Gasteiger partial charge in [-0.1, -0.05) is 0 Å². The first-order chi connectivity index (χ1) is 4.81. The number of ether oxygens (including phenoxy) is 2. The normalized spacial score (nSPS) is 9.40. The molecule has 0 radical (unpaired) electrons. The highest BCUT2D eigenvalue weighted by molar-refractivity contribution is 5.70. The molecule has 0 aromatic carbocycles. The van der Waals surface area contributed by atoms with Gasteiger partial charge < -0.3 is 14.3 Å². The van der Waals surface area contributed by atoms with Gasteiger partial charge in [0.25, 0.3) is 0 Å². The number of rotatable bonds is 5. The summed E-state index contributed by atoms with van der Waals surface area (Å²) >= 11 is 0. The Balaban J connectivity index is 2.96. The molecule has 0 bridgehead atoms. The van der Waals surface area contributed by atoms with Crippen LogP contribution in [0.1, 0.15) is 0 Å². The van der Waals surface area contributed by atoms with Crippen molar-refractivity contribution in [3.8, 4) is 0 Å². The molecule has 0 saturated carbocycles. The van der Waals surface area contributed by atoms with Crippen molar-refractivity contribution in [2.75, 3.05) is 26.9 Å². The number of hydrogen-bond donors (Lipinski definition) is 1. The van der Waals surface area contributed by atoms with Crippen LogP contribution in [-0.4, -0.2) is 32.9 Å². The minimum atomic E-state index is -0.587. The fourth-order valence-corrected chi connectivity index (χ4v) is 0.332. The molecule has 0 spiro atoms. The van der Waals surface area contributed by atoms with Gasteiger partial charge >= 0.3 is 5.97 Å². The molecule has 60 valence electrons. The van der Waals surface area contributed by atoms with E-state index in [0.717, 1.165) is 0 Å². The summed E-state index contributed by atoms with van der Waals surface area (Å²) in [5.74, 6) is 3.94. The van der Waals surface area contributed by atoms with E-state index in [1.54, 1.807) is 7.11 Å². The van der Waals surface area contributed by atoms with Crippen LogP contribution in [0, 0.1) is 0 Å². The van der Waals surface area contributed by atoms with Crippen molar-refractivity contribution in [2.45, 2.75) is 0 Å². The van der Waals surface area contributed by atoms with Gasteiger partial charge in [0.1, 0.15) is 6.61 Å². The Morgan fingerprint density at radius 3 is 2.70 bits per heavy atom. The smallest absolute Gasteiger partial charge is 0.350 e. The Kier molecular flexibility index (Phi) is 6.05. The lowest BCUT2D eigenvalue weighted by Gasteiger charge is -1.99. The lowest BCUT2D eigenvalue weighted by molar-refractivity contribution is -0.149. The Hall–Kier alpha value is -0.650. The Labute approximate surface area is 59.0 Å². The van der Waals surface area contributed by atoms with Gasteiger partial charge in [-0.3, -0.25) is 0 Å². The van der Waals surface area contributed by atoms with E-state index in [0.29, 0.717) is 13.2 Å². The highest BCUT2D eigenvalue weighted by Crippen LogP contribution is 1.77. The van der Waals surface area contributed by atoms with E-state index in [9.17, 15) is 4.79 Å². The number of hydrogen-bond acceptors (Lipinski definition) is 5. The molecule has 2 N–H and O–H groups in total. The van der Waals surface area contributed by atoms with Gasteiger partial charge in [-0.2, -0.15) is 5.90 Å². The second kappa shape index (κ2) is 6.47. The van der Waals surface area contributed by atoms with Crippen LogP contribution >= 0.6 is 0 Å². The largest absolute Gasteiger partial charge is 0.382 e. The lowest BCUT2D eigenvalue weighted by Crippen LogP contribution is -2.17. The first-order valence-corrected chi connectivity index (χ1v) is 2.77. The Morgan fingerprint density at radius 1 is 1.50 bits per heavy atom. The van der Waals surface area contributed by atoms with Gasteiger partial charge in [-0.15, -0.1) is 0 Å². The molecule has 0 rings (SSSR count). The van der Waals surface area contributed by atoms with Crippen molar-refractivity contribution < 1.29 is 19.1 Å². The highest BCUT2D eigenvalue weighted by Gasteiger charge is 1.98. The molecule has 0 aromatic rings. The van der Waals surface area contributed by atoms with E-state index >= 15 is 0 Å². The Bertz CT molecular complexity index is 95.6. The second-order valence-electron chi connectivity index (χ2n) is 1.54. The predicted octanol–water partition coefficient (Wildman–Crippen LogP) is -0.934. The van der Waals surface area contributed by atoms with Crippen LogP contribution in [0.2, 0.25) is 0 Å². The maximum atomic E-state index is 10.3. The van der Waals surface area contributed by atoms with Crippen LogP contribution in [0.15, 0.2) is 0 Å². The third-order valence-corrected chi connectivity index (χ3v) is 0.783. The van der Waals surface area contributed by atoms with Crippen LogP contribution in [0.5, 0.6) is 0 Å². The average Bonchev–Trinajstić information content (AvgIpc) is 1.98. The molecular formula is C5H11NO4. The molecule has 0 heterocycles. The third-order valence-electron chi connectivity index (χ3n) is 0.783. The molecule has 0 aliphatic heterocycles. The number of carbonyl (C=O) groups is 1. The van der Waals surface area contributed by atoms with Crippen LogP contribution in [0.25, 0.3) is 0 Å². The molecule has 10 heavy (non-hydrogen) atoms. The van der Waals surface area contributed by atoms with Crippen molar-refractivity contribution >= 4 is 5.97 Å². The SMILES string of the molecule is COCCOCC(=O)ON. The van der Waals surface area contributed by atoms with Crippen LogP contribution < -0.4 is 5.90 Å². The summed E-state index contributed by atoms with van der Waals surface area (Å²) in [5, 5.41) is 0. The minimum Gasteiger partial charge on any atom is -0.382 e. The summed E-state index contributed by atoms with van der Waals surface area (Å²) in [5.41, 5.74) is 0. The van der Waals surface area contributed by atoms with Gasteiger partial charge in [0.2, 0.25) is 0 Å². The first-order valence-electron chi connectivity index (χ1n) is 2.77. The molecule has 0 saturated heterocycles. The van der Waals surface area contributed by atoms with Crippen molar-refractivity contribution in [2.24, 2.45) is 5.90 Å². The van der Waals surface area contributed by atoms with Gasteiger partial charge in [0, 0.05) is 7.11 Å². The maximum Gasteiger partial charge on any atom is 0.350 e. The van der Waals surface area contributed by atoms with Crippen molar-refractivity contribution in [1.82, 2.24) is 0 Å². The predicted molar refractivity (Wildman–Crippen MR) is 33.0 cm³/mol. The number of nitrogens with two attached hydrogens (primary N) is 1. The molecule has 0 amide bonds. The average molecular weight is 149 g/mol. The number of carbonyl (C=O) groups excluding carboxylic acids is 1. The summed E-state index contributed by atoms with van der Waals surface area (Å²) in [4.78, 5) is 14.1. The van der Waals surface area contributed by atoms with Gasteiger partial charge in [0.05, 0.1) is 13.2 Å². The standard InChI is InChI=1S/C5H11NO4/c1-8-2-3-9-4-5(7)10-6/h2-4,6H2,1H3. The molecular weight excluding hydrogens is 138 g/mol. The first kappa shape index (κ1) is 9.35. The van der Waals surface area contributed by atoms with Crippen molar-refractivity contribution in [1.29, 1.82) is 0 Å². The van der Waals surface area contributed by atoms with Gasteiger partial charge in [0.15, 0.2) is 0 Å². The molecule has 0 fully saturated rings. The van der Waals surface area contributed by atoms with E-state index < -0.39 is 5.97 Å². The molecule has 0 unspecified atom stereocenters. The topological polar surface area (TPSA) is 70.8 Å². The second-order valence-corrected chi connectivity index (χ2v) is 1.54. The van der Waals surface area contributed by atoms with Gasteiger partial charge in [-0.05, 0) is 0 Å². The minimum absolute atomic E-state index is 0.125. The van der Waals surface area contributed by atoms with E-state index in [-0.39, 0.29) is 6.61 Å². The molecule has 0 atom stereocenters. The summed E-state index contributed by atoms with van der Waals surface area (Å²) in [6.07, 6.45) is 0. The van der Waals surface area contributed by atoms with E-state index in [2.05, 4.69) is 15.5 Å². The lowest BCUT2D eigenvalue weighted by atomic mass is 10.7. The fraction of sp³-hybridized carbons (Fsp3) is 0.800. The fourth-order valence-electron chi connectivity index (χ4n) is 0.332. The summed E-state index contributed by atoms with van der Waals surface area (Å²) in [6.45, 7) is 0.698. The van der Waals surface area contributed by atoms with E-state index in [1.165, 1.54) is 0 Å². The highest BCUT2D eigenvalue weighted by atomic mass is 16.7. The molecule has 0 aliphatic rings. The molecule has 0 aliphatic carbocycles. The summed E-state index contributed by atoms with van der Waals surface area (Å²) in [7, 11) is 1.55. The summed E-state index contributed by atoms with van der Waals surface area (Å²) < 4.78 is 9.40. The third kappa shape index (κ3) is 5.49. The van der Waals surface area contributed by atoms with Crippen LogP contribution in [0.3, 0.4) is 0 Å². The zero-order valence-corrected chi connectivity index (χ0v) is 5.83.